The van der Waals surface area contributed by atoms with Crippen molar-refractivity contribution < 1.29 is 19.1 Å². The van der Waals surface area contributed by atoms with Crippen molar-refractivity contribution in [1.82, 2.24) is 9.47 Å². The number of nitrogens with zero attached hydrogens (tertiary/aromatic N) is 2. The van der Waals surface area contributed by atoms with Gasteiger partial charge in [-0.3, -0.25) is 9.59 Å². The Bertz CT molecular complexity index is 1070. The van der Waals surface area contributed by atoms with Gasteiger partial charge < -0.3 is 24.3 Å². The third-order valence-electron chi connectivity index (χ3n) is 4.94. The molecule has 0 saturated heterocycles. The van der Waals surface area contributed by atoms with Gasteiger partial charge in [0.05, 0.1) is 19.8 Å². The molecule has 7 heteroatoms. The van der Waals surface area contributed by atoms with Crippen molar-refractivity contribution in [2.75, 3.05) is 32.1 Å². The SMILES string of the molecule is CCOc1ccc(NC(=O)CN(C)C(=O)Cn2c(C)cc3ccccc32)cc1OCC. The Balaban J connectivity index is 1.63. The van der Waals surface area contributed by atoms with E-state index in [1.165, 1.54) is 4.90 Å². The van der Waals surface area contributed by atoms with Crippen molar-refractivity contribution in [3.05, 3.63) is 54.2 Å². The number of rotatable bonds is 9. The number of para-hydroxylation sites is 1. The second-order valence-electron chi connectivity index (χ2n) is 7.26. The number of ether oxygens (including phenoxy) is 2. The number of benzene rings is 2. The van der Waals surface area contributed by atoms with E-state index in [0.29, 0.717) is 30.4 Å². The second-order valence-corrected chi connectivity index (χ2v) is 7.26. The Morgan fingerprint density at radius 2 is 1.71 bits per heavy atom. The van der Waals surface area contributed by atoms with Crippen molar-refractivity contribution in [3.8, 4) is 11.5 Å². The van der Waals surface area contributed by atoms with Gasteiger partial charge in [0.1, 0.15) is 6.54 Å². The predicted molar refractivity (Wildman–Crippen MR) is 122 cm³/mol. The standard InChI is InChI=1S/C24H29N3O4/c1-5-30-21-12-11-19(14-22(21)31-6-2)25-23(28)15-26(4)24(29)16-27-17(3)13-18-9-7-8-10-20(18)27/h7-14H,5-6,15-16H2,1-4H3,(H,25,28). The monoisotopic (exact) mass is 423 g/mol. The van der Waals surface area contributed by atoms with E-state index >= 15 is 0 Å². The number of likely N-dealkylation sites (N-methyl/N-ethyl adjacent to an activating group) is 1. The summed E-state index contributed by atoms with van der Waals surface area (Å²) in [5.41, 5.74) is 2.60. The molecule has 31 heavy (non-hydrogen) atoms. The van der Waals surface area contributed by atoms with Crippen LogP contribution in [0, 0.1) is 6.92 Å². The number of nitrogens with one attached hydrogen (secondary N) is 1. The van der Waals surface area contributed by atoms with Crippen LogP contribution in [-0.4, -0.2) is 48.1 Å². The molecule has 0 fully saturated rings. The molecule has 2 amide bonds. The highest BCUT2D eigenvalue weighted by Gasteiger charge is 2.16. The molecule has 0 radical (unpaired) electrons. The van der Waals surface area contributed by atoms with Gasteiger partial charge >= 0.3 is 0 Å². The first kappa shape index (κ1) is 22.2. The molecule has 7 nitrogen and oxygen atoms in total. The zero-order valence-corrected chi connectivity index (χ0v) is 18.5. The maximum atomic E-state index is 12.7. The van der Waals surface area contributed by atoms with Crippen LogP contribution in [0.4, 0.5) is 5.69 Å². The average Bonchev–Trinajstić information content (AvgIpc) is 3.05. The van der Waals surface area contributed by atoms with Crippen LogP contribution in [0.25, 0.3) is 10.9 Å². The summed E-state index contributed by atoms with van der Waals surface area (Å²) < 4.78 is 13.1. The fraction of sp³-hybridized carbons (Fsp3) is 0.333. The van der Waals surface area contributed by atoms with Gasteiger partial charge in [-0.15, -0.1) is 0 Å². The van der Waals surface area contributed by atoms with Crippen LogP contribution < -0.4 is 14.8 Å². The Labute approximate surface area is 182 Å². The Kier molecular flexibility index (Phi) is 7.18. The van der Waals surface area contributed by atoms with E-state index in [9.17, 15) is 9.59 Å². The molecule has 0 unspecified atom stereocenters. The lowest BCUT2D eigenvalue weighted by atomic mass is 10.2. The molecule has 3 aromatic rings. The van der Waals surface area contributed by atoms with Crippen molar-refractivity contribution in [2.45, 2.75) is 27.3 Å². The van der Waals surface area contributed by atoms with Crippen LogP contribution in [0.15, 0.2) is 48.5 Å². The first-order valence-corrected chi connectivity index (χ1v) is 10.4. The molecule has 3 rings (SSSR count). The Morgan fingerprint density at radius 1 is 1.00 bits per heavy atom. The van der Waals surface area contributed by atoms with Gasteiger partial charge in [-0.1, -0.05) is 18.2 Å². The summed E-state index contributed by atoms with van der Waals surface area (Å²) >= 11 is 0. The third kappa shape index (κ3) is 5.36. The minimum atomic E-state index is -0.281. The molecule has 1 N–H and O–H groups in total. The summed E-state index contributed by atoms with van der Waals surface area (Å²) in [7, 11) is 1.63. The minimum Gasteiger partial charge on any atom is -0.490 e. The van der Waals surface area contributed by atoms with E-state index in [1.807, 2.05) is 49.6 Å². The maximum Gasteiger partial charge on any atom is 0.243 e. The number of carbonyl (C=O) groups is 2. The minimum absolute atomic E-state index is 0.0474. The fourth-order valence-corrected chi connectivity index (χ4v) is 3.45. The van der Waals surface area contributed by atoms with Crippen molar-refractivity contribution in [2.24, 2.45) is 0 Å². The van der Waals surface area contributed by atoms with Crippen LogP contribution >= 0.6 is 0 Å². The first-order chi connectivity index (χ1) is 14.9. The number of hydrogen-bond acceptors (Lipinski definition) is 4. The van der Waals surface area contributed by atoms with Gasteiger partial charge in [-0.2, -0.15) is 0 Å². The summed E-state index contributed by atoms with van der Waals surface area (Å²) in [6.45, 7) is 6.90. The highest BCUT2D eigenvalue weighted by atomic mass is 16.5. The molecule has 0 aliphatic rings. The summed E-state index contributed by atoms with van der Waals surface area (Å²) in [5, 5.41) is 3.91. The van der Waals surface area contributed by atoms with E-state index in [-0.39, 0.29) is 24.9 Å². The Morgan fingerprint density at radius 3 is 2.45 bits per heavy atom. The normalized spacial score (nSPS) is 10.7. The van der Waals surface area contributed by atoms with Crippen LogP contribution in [0.1, 0.15) is 19.5 Å². The highest BCUT2D eigenvalue weighted by Crippen LogP contribution is 2.30. The molecule has 2 aromatic carbocycles. The number of carbonyl (C=O) groups excluding carboxylic acids is 2. The number of aromatic nitrogens is 1. The molecule has 1 aromatic heterocycles. The van der Waals surface area contributed by atoms with Gasteiger partial charge in [0.25, 0.3) is 0 Å². The Hall–Kier alpha value is -3.48. The zero-order chi connectivity index (χ0) is 22.4. The molecule has 1 heterocycles. The predicted octanol–water partition coefficient (Wildman–Crippen LogP) is 3.84. The summed E-state index contributed by atoms with van der Waals surface area (Å²) in [5.74, 6) is 0.781. The third-order valence-corrected chi connectivity index (χ3v) is 4.94. The van der Waals surface area contributed by atoms with Crippen LogP contribution in [0.5, 0.6) is 11.5 Å². The molecular weight excluding hydrogens is 394 g/mol. The zero-order valence-electron chi connectivity index (χ0n) is 18.5. The van der Waals surface area contributed by atoms with Crippen LogP contribution in [0.3, 0.4) is 0 Å². The number of hydrogen-bond donors (Lipinski definition) is 1. The summed E-state index contributed by atoms with van der Waals surface area (Å²) in [6, 6.07) is 15.2. The molecule has 164 valence electrons. The van der Waals surface area contributed by atoms with Gasteiger partial charge in [-0.25, -0.2) is 0 Å². The number of anilines is 1. The summed E-state index contributed by atoms with van der Waals surface area (Å²) in [6.07, 6.45) is 0. The van der Waals surface area contributed by atoms with Gasteiger partial charge in [0, 0.05) is 30.0 Å². The van der Waals surface area contributed by atoms with E-state index < -0.39 is 0 Å². The number of fused-ring (bicyclic) bond motifs is 1. The lowest BCUT2D eigenvalue weighted by Crippen LogP contribution is -2.37. The molecule has 0 spiro atoms. The second kappa shape index (κ2) is 10.0. The van der Waals surface area contributed by atoms with E-state index in [0.717, 1.165) is 16.6 Å². The molecule has 0 bridgehead atoms. The lowest BCUT2D eigenvalue weighted by molar-refractivity contribution is -0.133. The van der Waals surface area contributed by atoms with Crippen LogP contribution in [0.2, 0.25) is 0 Å². The average molecular weight is 424 g/mol. The van der Waals surface area contributed by atoms with E-state index in [2.05, 4.69) is 11.4 Å². The van der Waals surface area contributed by atoms with Gasteiger partial charge in [0.15, 0.2) is 11.5 Å². The quantitative estimate of drug-likeness (QED) is 0.568. The lowest BCUT2D eigenvalue weighted by Gasteiger charge is -2.19. The topological polar surface area (TPSA) is 72.8 Å². The van der Waals surface area contributed by atoms with E-state index in [1.54, 1.807) is 25.2 Å². The summed E-state index contributed by atoms with van der Waals surface area (Å²) in [4.78, 5) is 26.7. The first-order valence-electron chi connectivity index (χ1n) is 10.4. The van der Waals surface area contributed by atoms with Crippen molar-refractivity contribution in [3.63, 3.8) is 0 Å². The van der Waals surface area contributed by atoms with Crippen molar-refractivity contribution >= 4 is 28.4 Å². The number of amides is 2. The molecule has 0 aliphatic heterocycles. The molecule has 0 atom stereocenters. The number of aryl methyl sites for hydroxylation is 1. The van der Waals surface area contributed by atoms with Crippen molar-refractivity contribution in [1.29, 1.82) is 0 Å². The van der Waals surface area contributed by atoms with Gasteiger partial charge in [-0.05, 0) is 50.4 Å². The smallest absolute Gasteiger partial charge is 0.243 e. The highest BCUT2D eigenvalue weighted by molar-refractivity contribution is 5.95. The largest absolute Gasteiger partial charge is 0.490 e. The maximum absolute atomic E-state index is 12.7. The van der Waals surface area contributed by atoms with Gasteiger partial charge in [0.2, 0.25) is 11.8 Å². The van der Waals surface area contributed by atoms with Crippen LogP contribution in [-0.2, 0) is 16.1 Å². The molecular formula is C24H29N3O4. The molecule has 0 saturated carbocycles. The molecule has 0 aliphatic carbocycles. The fourth-order valence-electron chi connectivity index (χ4n) is 3.45. The van der Waals surface area contributed by atoms with E-state index in [4.69, 9.17) is 9.47 Å².